The molecule has 0 radical (unpaired) electrons. The molecular formula is C32H40N4O4S. The smallest absolute Gasteiger partial charge is 0.338 e. The highest BCUT2D eigenvalue weighted by Gasteiger charge is 2.37. The van der Waals surface area contributed by atoms with E-state index in [4.69, 9.17) is 24.3 Å². The molecule has 0 spiro atoms. The molecule has 0 amide bonds. The molecule has 1 atom stereocenters. The number of carbonyl (C=O) groups excluding carboxylic acids is 1. The van der Waals surface area contributed by atoms with Gasteiger partial charge in [0.1, 0.15) is 12.1 Å². The van der Waals surface area contributed by atoms with E-state index in [2.05, 4.69) is 24.4 Å². The lowest BCUT2D eigenvalue weighted by molar-refractivity contribution is -0.146. The summed E-state index contributed by atoms with van der Waals surface area (Å²) in [7, 11) is 1.64. The van der Waals surface area contributed by atoms with E-state index in [9.17, 15) is 4.79 Å². The lowest BCUT2D eigenvalue weighted by Crippen LogP contribution is -2.32. The van der Waals surface area contributed by atoms with Gasteiger partial charge in [0.2, 0.25) is 11.1 Å². The molecule has 2 aromatic carbocycles. The van der Waals surface area contributed by atoms with Crippen molar-refractivity contribution < 1.29 is 19.0 Å². The molecule has 1 aromatic heterocycles. The van der Waals surface area contributed by atoms with E-state index in [1.807, 2.05) is 43.3 Å². The number of methoxy groups -OCH3 is 1. The minimum Gasteiger partial charge on any atom is -0.493 e. The predicted octanol–water partition coefficient (Wildman–Crippen LogP) is 7.31. The summed E-state index contributed by atoms with van der Waals surface area (Å²) in [6, 6.07) is 15.6. The maximum absolute atomic E-state index is 13.8. The van der Waals surface area contributed by atoms with Crippen LogP contribution in [0.15, 0.2) is 65.0 Å². The van der Waals surface area contributed by atoms with E-state index in [-0.39, 0.29) is 12.1 Å². The highest BCUT2D eigenvalue weighted by molar-refractivity contribution is 7.98. The topological polar surface area (TPSA) is 87.5 Å². The molecule has 9 heteroatoms. The highest BCUT2D eigenvalue weighted by atomic mass is 32.2. The van der Waals surface area contributed by atoms with Gasteiger partial charge < -0.3 is 19.5 Å². The molecule has 5 rings (SSSR count). The van der Waals surface area contributed by atoms with Crippen molar-refractivity contribution >= 4 is 23.7 Å². The van der Waals surface area contributed by atoms with Crippen molar-refractivity contribution in [1.82, 2.24) is 14.8 Å². The van der Waals surface area contributed by atoms with Gasteiger partial charge in [0.05, 0.1) is 19.3 Å². The third-order valence-electron chi connectivity index (χ3n) is 7.60. The molecule has 2 aliphatic rings. The molecule has 1 unspecified atom stereocenters. The molecule has 1 fully saturated rings. The number of aromatic nitrogens is 3. The first-order valence-electron chi connectivity index (χ1n) is 14.7. The Morgan fingerprint density at radius 1 is 1.07 bits per heavy atom. The number of hydrogen-bond donors (Lipinski definition) is 1. The number of carbonyl (C=O) groups is 1. The number of esters is 1. The molecule has 3 aromatic rings. The summed E-state index contributed by atoms with van der Waals surface area (Å²) in [5.74, 6) is 2.33. The molecular weight excluding hydrogens is 536 g/mol. The summed E-state index contributed by atoms with van der Waals surface area (Å²) >= 11 is 1.56. The summed E-state index contributed by atoms with van der Waals surface area (Å²) in [4.78, 5) is 18.6. The summed E-state index contributed by atoms with van der Waals surface area (Å²) in [5.41, 5.74) is 3.30. The van der Waals surface area contributed by atoms with E-state index >= 15 is 0 Å². The maximum Gasteiger partial charge on any atom is 0.338 e. The van der Waals surface area contributed by atoms with E-state index in [1.165, 1.54) is 12.0 Å². The van der Waals surface area contributed by atoms with E-state index in [0.717, 1.165) is 56.3 Å². The Labute approximate surface area is 246 Å². The van der Waals surface area contributed by atoms with Crippen LogP contribution in [-0.2, 0) is 15.3 Å². The normalized spacial score (nSPS) is 17.1. The number of fused-ring (bicyclic) bond motifs is 1. The summed E-state index contributed by atoms with van der Waals surface area (Å²) in [6.45, 7) is 4.71. The van der Waals surface area contributed by atoms with Crippen molar-refractivity contribution in [2.45, 2.75) is 88.3 Å². The average molecular weight is 577 g/mol. The Morgan fingerprint density at radius 2 is 1.88 bits per heavy atom. The predicted molar refractivity (Wildman–Crippen MR) is 161 cm³/mol. The van der Waals surface area contributed by atoms with Gasteiger partial charge in [0.15, 0.2) is 11.5 Å². The fraction of sp³-hybridized carbons (Fsp3) is 0.469. The third-order valence-corrected chi connectivity index (χ3v) is 8.51. The van der Waals surface area contributed by atoms with Crippen LogP contribution >= 0.6 is 11.8 Å². The van der Waals surface area contributed by atoms with Gasteiger partial charge in [-0.25, -0.2) is 9.48 Å². The van der Waals surface area contributed by atoms with Crippen LogP contribution in [0.4, 0.5) is 5.95 Å². The molecule has 218 valence electrons. The van der Waals surface area contributed by atoms with Crippen molar-refractivity contribution in [3.8, 4) is 11.5 Å². The molecule has 1 N–H and O–H groups in total. The molecule has 0 bridgehead atoms. The lowest BCUT2D eigenvalue weighted by atomic mass is 9.94. The van der Waals surface area contributed by atoms with Crippen LogP contribution in [0.3, 0.4) is 0 Å². The van der Waals surface area contributed by atoms with Crippen LogP contribution in [0.1, 0.15) is 82.4 Å². The van der Waals surface area contributed by atoms with Crippen molar-refractivity contribution in [2.24, 2.45) is 0 Å². The quantitative estimate of drug-likeness (QED) is 0.136. The second-order valence-corrected chi connectivity index (χ2v) is 11.6. The first-order chi connectivity index (χ1) is 20.1. The molecule has 2 heterocycles. The second-order valence-electron chi connectivity index (χ2n) is 10.6. The Morgan fingerprint density at radius 3 is 2.63 bits per heavy atom. The number of benzene rings is 2. The number of hydrogen-bond acceptors (Lipinski definition) is 8. The first-order valence-corrected chi connectivity index (χ1v) is 15.7. The SMILES string of the molecule is CCCCCOc1ccc(C2C(C(=O)OC3CCCCC3)=C(C)Nc3nc(SCc4ccccc4)nn32)cc1OC. The molecule has 1 saturated carbocycles. The van der Waals surface area contributed by atoms with E-state index < -0.39 is 6.04 Å². The van der Waals surface area contributed by atoms with Gasteiger partial charge in [-0.15, -0.1) is 5.10 Å². The fourth-order valence-corrected chi connectivity index (χ4v) is 6.18. The van der Waals surface area contributed by atoms with E-state index in [0.29, 0.717) is 40.5 Å². The number of ether oxygens (including phenoxy) is 3. The van der Waals surface area contributed by atoms with Crippen LogP contribution in [0.25, 0.3) is 0 Å². The van der Waals surface area contributed by atoms with Crippen molar-refractivity contribution in [3.63, 3.8) is 0 Å². The van der Waals surface area contributed by atoms with Gasteiger partial charge in [0, 0.05) is 11.4 Å². The van der Waals surface area contributed by atoms with Gasteiger partial charge in [-0.05, 0) is 62.3 Å². The Kier molecular flexibility index (Phi) is 9.88. The Balaban J connectivity index is 1.46. The third kappa shape index (κ3) is 7.07. The number of allylic oxidation sites excluding steroid dienone is 1. The molecule has 8 nitrogen and oxygen atoms in total. The van der Waals surface area contributed by atoms with Gasteiger partial charge in [-0.1, -0.05) is 74.3 Å². The second kappa shape index (κ2) is 13.9. The van der Waals surface area contributed by atoms with Gasteiger partial charge in [-0.2, -0.15) is 4.98 Å². The zero-order valence-electron chi connectivity index (χ0n) is 24.2. The first kappa shape index (κ1) is 29.0. The lowest BCUT2D eigenvalue weighted by Gasteiger charge is -2.30. The van der Waals surface area contributed by atoms with Crippen LogP contribution in [0.2, 0.25) is 0 Å². The zero-order chi connectivity index (χ0) is 28.6. The van der Waals surface area contributed by atoms with Crippen molar-refractivity contribution in [1.29, 1.82) is 0 Å². The molecule has 1 aliphatic carbocycles. The Hall–Kier alpha value is -3.46. The zero-order valence-corrected chi connectivity index (χ0v) is 25.0. The van der Waals surface area contributed by atoms with Crippen molar-refractivity contribution in [2.75, 3.05) is 19.0 Å². The van der Waals surface area contributed by atoms with E-state index in [1.54, 1.807) is 23.6 Å². The molecule has 1 aliphatic heterocycles. The maximum atomic E-state index is 13.8. The summed E-state index contributed by atoms with van der Waals surface area (Å²) in [5, 5.41) is 8.84. The molecule has 41 heavy (non-hydrogen) atoms. The van der Waals surface area contributed by atoms with Gasteiger partial charge in [0.25, 0.3) is 0 Å². The van der Waals surface area contributed by atoms with Crippen molar-refractivity contribution in [3.05, 3.63) is 70.9 Å². The minimum absolute atomic E-state index is 0.0558. The van der Waals surface area contributed by atoms with Crippen LogP contribution in [-0.4, -0.2) is 40.6 Å². The summed E-state index contributed by atoms with van der Waals surface area (Å²) < 4.78 is 19.7. The minimum atomic E-state index is -0.524. The Bertz CT molecular complexity index is 1350. The standard InChI is InChI=1S/C32H40N4O4S/c1-4-5-12-19-39-26-18-17-24(20-27(26)38-3)29-28(30(37)40-25-15-10-7-11-16-25)22(2)33-31-34-32(35-36(29)31)41-21-23-13-8-6-9-14-23/h6,8-9,13-14,17-18,20,25,29H,4-5,7,10-12,15-16,19,21H2,1-3H3,(H,33,34,35). The number of nitrogens with zero attached hydrogens (tertiary/aromatic N) is 3. The van der Waals surface area contributed by atoms with Gasteiger partial charge in [-0.3, -0.25) is 0 Å². The number of thioether (sulfide) groups is 1. The number of nitrogens with one attached hydrogen (secondary N) is 1. The number of rotatable bonds is 12. The van der Waals surface area contributed by atoms with Crippen LogP contribution < -0.4 is 14.8 Å². The highest BCUT2D eigenvalue weighted by Crippen LogP contribution is 2.40. The largest absolute Gasteiger partial charge is 0.493 e. The number of unbranched alkanes of at least 4 members (excludes halogenated alkanes) is 2. The molecule has 0 saturated heterocycles. The monoisotopic (exact) mass is 576 g/mol. The van der Waals surface area contributed by atoms with Gasteiger partial charge >= 0.3 is 5.97 Å². The average Bonchev–Trinajstić information content (AvgIpc) is 3.41. The van der Waals surface area contributed by atoms with Crippen LogP contribution in [0, 0.1) is 0 Å². The number of anilines is 1. The fourth-order valence-electron chi connectivity index (χ4n) is 5.39. The van der Waals surface area contributed by atoms with Crippen LogP contribution in [0.5, 0.6) is 11.5 Å². The summed E-state index contributed by atoms with van der Waals surface area (Å²) in [6.07, 6.45) is 8.36.